The summed E-state index contributed by atoms with van der Waals surface area (Å²) in [7, 11) is 3.05. The van der Waals surface area contributed by atoms with E-state index < -0.39 is 0 Å². The molecule has 3 N–H and O–H groups in total. The van der Waals surface area contributed by atoms with Gasteiger partial charge < -0.3 is 25.0 Å². The van der Waals surface area contributed by atoms with Gasteiger partial charge in [-0.05, 0) is 29.8 Å². The van der Waals surface area contributed by atoms with Gasteiger partial charge in [-0.25, -0.2) is 4.98 Å². The van der Waals surface area contributed by atoms with Gasteiger partial charge in [-0.3, -0.25) is 9.89 Å². The molecular formula is C25H24Cl2N6O3. The third-order valence-electron chi connectivity index (χ3n) is 6.12. The zero-order valence-electron chi connectivity index (χ0n) is 19.7. The van der Waals surface area contributed by atoms with Gasteiger partial charge in [-0.2, -0.15) is 5.10 Å². The fourth-order valence-corrected chi connectivity index (χ4v) is 4.93. The molecule has 2 aromatic carbocycles. The minimum absolute atomic E-state index is 0.309. The van der Waals surface area contributed by atoms with Crippen LogP contribution in [0, 0.1) is 0 Å². The highest BCUT2D eigenvalue weighted by molar-refractivity contribution is 6.41. The van der Waals surface area contributed by atoms with Crippen molar-refractivity contribution >= 4 is 51.5 Å². The lowest BCUT2D eigenvalue weighted by Gasteiger charge is -2.29. The molecule has 1 aliphatic heterocycles. The molecule has 36 heavy (non-hydrogen) atoms. The van der Waals surface area contributed by atoms with Gasteiger partial charge in [-0.15, -0.1) is 0 Å². The normalized spacial score (nSPS) is 13.6. The lowest BCUT2D eigenvalue weighted by atomic mass is 10.0. The van der Waals surface area contributed by atoms with Gasteiger partial charge in [0.1, 0.15) is 17.2 Å². The average Bonchev–Trinajstić information content (AvgIpc) is 3.31. The van der Waals surface area contributed by atoms with Crippen molar-refractivity contribution in [1.82, 2.24) is 20.5 Å². The van der Waals surface area contributed by atoms with E-state index in [-0.39, 0.29) is 5.91 Å². The molecule has 0 saturated carbocycles. The topological polar surface area (TPSA) is 104 Å². The molecule has 0 spiro atoms. The molecule has 1 aliphatic rings. The van der Waals surface area contributed by atoms with E-state index >= 15 is 0 Å². The fourth-order valence-electron chi connectivity index (χ4n) is 4.21. The number of methoxy groups -OCH3 is 2. The molecule has 1 saturated heterocycles. The second-order valence-electron chi connectivity index (χ2n) is 8.21. The molecule has 3 heterocycles. The smallest absolute Gasteiger partial charge is 0.275 e. The molecule has 186 valence electrons. The van der Waals surface area contributed by atoms with Gasteiger partial charge in [0.05, 0.1) is 41.7 Å². The second kappa shape index (κ2) is 10.2. The van der Waals surface area contributed by atoms with Gasteiger partial charge in [0.15, 0.2) is 5.82 Å². The maximum absolute atomic E-state index is 12.8. The number of benzene rings is 2. The Morgan fingerprint density at radius 2 is 1.75 bits per heavy atom. The van der Waals surface area contributed by atoms with Gasteiger partial charge in [0, 0.05) is 43.2 Å². The minimum Gasteiger partial charge on any atom is -0.495 e. The molecule has 1 fully saturated rings. The maximum atomic E-state index is 12.8. The van der Waals surface area contributed by atoms with Crippen molar-refractivity contribution < 1.29 is 14.3 Å². The molecule has 0 unspecified atom stereocenters. The predicted molar refractivity (Wildman–Crippen MR) is 142 cm³/mol. The summed E-state index contributed by atoms with van der Waals surface area (Å²) in [5.41, 5.74) is 3.31. The largest absolute Gasteiger partial charge is 0.495 e. The quantitative estimate of drug-likeness (QED) is 0.337. The van der Waals surface area contributed by atoms with Crippen LogP contribution in [-0.2, 0) is 0 Å². The number of carbonyl (C=O) groups is 1. The second-order valence-corrected chi connectivity index (χ2v) is 8.97. The van der Waals surface area contributed by atoms with E-state index in [0.717, 1.165) is 42.8 Å². The number of hydrogen-bond acceptors (Lipinski definition) is 7. The van der Waals surface area contributed by atoms with Crippen LogP contribution in [0.15, 0.2) is 42.6 Å². The summed E-state index contributed by atoms with van der Waals surface area (Å²) in [5, 5.41) is 14.9. The van der Waals surface area contributed by atoms with Crippen LogP contribution in [-0.4, -0.2) is 61.5 Å². The SMILES string of the molecule is COc1cc(OC)c(Cl)c(-c2ccc3c(NC(=O)c4ccc(N5CCNCC5)cn4)n[nH]c3c2)c1Cl. The number of piperazine rings is 1. The van der Waals surface area contributed by atoms with E-state index in [1.165, 1.54) is 14.2 Å². The first-order valence-corrected chi connectivity index (χ1v) is 12.1. The number of carbonyl (C=O) groups excluding carboxylic acids is 1. The van der Waals surface area contributed by atoms with E-state index in [4.69, 9.17) is 32.7 Å². The van der Waals surface area contributed by atoms with Crippen LogP contribution in [0.5, 0.6) is 11.5 Å². The highest BCUT2D eigenvalue weighted by Crippen LogP contribution is 2.46. The first-order valence-electron chi connectivity index (χ1n) is 11.3. The number of hydrogen-bond donors (Lipinski definition) is 3. The lowest BCUT2D eigenvalue weighted by molar-refractivity contribution is 0.102. The molecule has 9 nitrogen and oxygen atoms in total. The molecule has 0 radical (unpaired) electrons. The molecule has 5 rings (SSSR count). The van der Waals surface area contributed by atoms with Crippen molar-refractivity contribution in [2.75, 3.05) is 50.6 Å². The van der Waals surface area contributed by atoms with Crippen molar-refractivity contribution in [1.29, 1.82) is 0 Å². The number of H-pyrrole nitrogens is 1. The third kappa shape index (κ3) is 4.53. The van der Waals surface area contributed by atoms with Crippen LogP contribution >= 0.6 is 23.2 Å². The molecule has 0 bridgehead atoms. The molecular weight excluding hydrogens is 503 g/mol. The summed E-state index contributed by atoms with van der Waals surface area (Å²) in [4.78, 5) is 19.4. The highest BCUT2D eigenvalue weighted by Gasteiger charge is 2.20. The van der Waals surface area contributed by atoms with E-state index in [1.54, 1.807) is 18.3 Å². The Balaban J connectivity index is 1.39. The Labute approximate surface area is 217 Å². The Morgan fingerprint density at radius 1 is 1.03 bits per heavy atom. The third-order valence-corrected chi connectivity index (χ3v) is 6.87. The Morgan fingerprint density at radius 3 is 2.39 bits per heavy atom. The number of fused-ring (bicyclic) bond motifs is 1. The summed E-state index contributed by atoms with van der Waals surface area (Å²) < 4.78 is 10.7. The number of rotatable bonds is 6. The number of amides is 1. The molecule has 11 heteroatoms. The van der Waals surface area contributed by atoms with Crippen LogP contribution in [0.25, 0.3) is 22.0 Å². The number of aromatic nitrogens is 3. The monoisotopic (exact) mass is 526 g/mol. The number of anilines is 2. The maximum Gasteiger partial charge on any atom is 0.275 e. The summed E-state index contributed by atoms with van der Waals surface area (Å²) in [5.74, 6) is 0.944. The minimum atomic E-state index is -0.344. The van der Waals surface area contributed by atoms with E-state index in [9.17, 15) is 4.79 Å². The Hall–Kier alpha value is -3.53. The van der Waals surface area contributed by atoms with Crippen molar-refractivity contribution in [3.05, 3.63) is 58.3 Å². The van der Waals surface area contributed by atoms with Crippen LogP contribution < -0.4 is 25.0 Å². The first kappa shape index (κ1) is 24.2. The lowest BCUT2D eigenvalue weighted by Crippen LogP contribution is -2.43. The van der Waals surface area contributed by atoms with Gasteiger partial charge in [0.2, 0.25) is 0 Å². The van der Waals surface area contributed by atoms with E-state index in [1.807, 2.05) is 24.3 Å². The number of aromatic amines is 1. The van der Waals surface area contributed by atoms with Crippen LogP contribution in [0.4, 0.5) is 11.5 Å². The summed E-state index contributed by atoms with van der Waals surface area (Å²) >= 11 is 13.1. The first-order chi connectivity index (χ1) is 17.5. The van der Waals surface area contributed by atoms with Gasteiger partial charge >= 0.3 is 0 Å². The van der Waals surface area contributed by atoms with Gasteiger partial charge in [0.25, 0.3) is 5.91 Å². The van der Waals surface area contributed by atoms with Crippen molar-refractivity contribution in [3.63, 3.8) is 0 Å². The highest BCUT2D eigenvalue weighted by atomic mass is 35.5. The summed E-state index contributed by atoms with van der Waals surface area (Å²) in [6.45, 7) is 3.68. The number of halogens is 2. The molecule has 2 aromatic heterocycles. The molecule has 4 aromatic rings. The average molecular weight is 527 g/mol. The summed E-state index contributed by atoms with van der Waals surface area (Å²) in [6, 6.07) is 10.8. The predicted octanol–water partition coefficient (Wildman–Crippen LogP) is 4.61. The summed E-state index contributed by atoms with van der Waals surface area (Å²) in [6.07, 6.45) is 1.73. The Kier molecular flexibility index (Phi) is 6.86. The number of nitrogens with one attached hydrogen (secondary N) is 3. The molecule has 0 atom stereocenters. The zero-order valence-corrected chi connectivity index (χ0v) is 21.2. The molecule has 1 amide bonds. The van der Waals surface area contributed by atoms with Gasteiger partial charge in [-0.1, -0.05) is 29.3 Å². The van der Waals surface area contributed by atoms with Crippen LogP contribution in [0.2, 0.25) is 10.0 Å². The standard InChI is InChI=1S/C25H24Cl2N6O3/c1-35-19-12-20(36-2)23(27)21(22(19)26)14-3-5-16-18(11-14)31-32-24(16)30-25(34)17-6-4-15(13-29-17)33-9-7-28-8-10-33/h3-6,11-13,28H,7-10H2,1-2H3,(H2,30,31,32,34). The van der Waals surface area contributed by atoms with Crippen molar-refractivity contribution in [2.45, 2.75) is 0 Å². The van der Waals surface area contributed by atoms with E-state index in [2.05, 4.69) is 30.7 Å². The Bertz CT molecular complexity index is 1390. The zero-order chi connectivity index (χ0) is 25.2. The van der Waals surface area contributed by atoms with Crippen LogP contribution in [0.1, 0.15) is 10.5 Å². The molecule has 0 aliphatic carbocycles. The number of pyridine rings is 1. The van der Waals surface area contributed by atoms with Crippen molar-refractivity contribution in [3.8, 4) is 22.6 Å². The number of nitrogens with zero attached hydrogens (tertiary/aromatic N) is 3. The van der Waals surface area contributed by atoms with Crippen LogP contribution in [0.3, 0.4) is 0 Å². The van der Waals surface area contributed by atoms with E-state index in [0.29, 0.717) is 44.1 Å². The van der Waals surface area contributed by atoms with Crippen molar-refractivity contribution in [2.24, 2.45) is 0 Å². The number of ether oxygens (including phenoxy) is 2. The fraction of sp³-hybridized carbons (Fsp3) is 0.240.